The van der Waals surface area contributed by atoms with E-state index in [-0.39, 0.29) is 30.8 Å². The van der Waals surface area contributed by atoms with Gasteiger partial charge in [-0.05, 0) is 93.7 Å². The molecule has 1 aliphatic heterocycles. The van der Waals surface area contributed by atoms with E-state index in [1.807, 2.05) is 0 Å². The first-order chi connectivity index (χ1) is 16.3. The number of thioether (sulfide) groups is 1. The Morgan fingerprint density at radius 2 is 1.56 bits per heavy atom. The van der Waals surface area contributed by atoms with Gasteiger partial charge in [-0.1, -0.05) is 36.1 Å². The van der Waals surface area contributed by atoms with E-state index in [0.717, 1.165) is 18.9 Å². The molecule has 0 bridgehead atoms. The molecule has 3 aromatic carbocycles. The van der Waals surface area contributed by atoms with Gasteiger partial charge in [0.15, 0.2) is 0 Å². The van der Waals surface area contributed by atoms with E-state index in [1.54, 1.807) is 48.5 Å². The third-order valence-electron chi connectivity index (χ3n) is 4.79. The molecule has 0 saturated carbocycles. The van der Waals surface area contributed by atoms with Crippen molar-refractivity contribution >= 4 is 85.5 Å². The van der Waals surface area contributed by atoms with Crippen molar-refractivity contribution < 1.29 is 23.0 Å². The maximum atomic E-state index is 14.2. The molecule has 0 aliphatic carbocycles. The molecule has 4 rings (SSSR count). The molecule has 1 N–H and O–H groups in total. The third kappa shape index (κ3) is 6.07. The van der Waals surface area contributed by atoms with Crippen molar-refractivity contribution in [2.45, 2.75) is 13.2 Å². The lowest BCUT2D eigenvalue weighted by Gasteiger charge is -2.14. The van der Waals surface area contributed by atoms with Crippen LogP contribution in [0.15, 0.2) is 59.5 Å². The summed E-state index contributed by atoms with van der Waals surface area (Å²) in [4.78, 5) is 12.6. The first kappa shape index (κ1) is 25.3. The van der Waals surface area contributed by atoms with Crippen molar-refractivity contribution in [1.29, 1.82) is 0 Å². The zero-order valence-corrected chi connectivity index (χ0v) is 23.2. The lowest BCUT2D eigenvalue weighted by atomic mass is 10.1. The van der Waals surface area contributed by atoms with Gasteiger partial charge < -0.3 is 14.8 Å². The highest BCUT2D eigenvalue weighted by Crippen LogP contribution is 2.33. The van der Waals surface area contributed by atoms with Gasteiger partial charge in [0, 0.05) is 23.8 Å². The van der Waals surface area contributed by atoms with Crippen LogP contribution in [0.2, 0.25) is 0 Å². The van der Waals surface area contributed by atoms with Gasteiger partial charge in [-0.2, -0.15) is 0 Å². The molecule has 1 fully saturated rings. The average molecular weight is 721 g/mol. The van der Waals surface area contributed by atoms with Crippen molar-refractivity contribution in [2.75, 3.05) is 0 Å². The average Bonchev–Trinajstić information content (AvgIpc) is 3.10. The van der Waals surface area contributed by atoms with Gasteiger partial charge >= 0.3 is 0 Å². The minimum Gasteiger partial charge on any atom is -0.489 e. The molecule has 1 saturated heterocycles. The van der Waals surface area contributed by atoms with Gasteiger partial charge in [0.05, 0.1) is 4.91 Å². The monoisotopic (exact) mass is 721 g/mol. The first-order valence-electron chi connectivity index (χ1n) is 9.82. The number of rotatable bonds is 7. The molecule has 0 radical (unpaired) electrons. The molecule has 34 heavy (non-hydrogen) atoms. The maximum Gasteiger partial charge on any atom is 0.263 e. The number of benzene rings is 3. The van der Waals surface area contributed by atoms with Crippen LogP contribution in [-0.4, -0.2) is 10.2 Å². The minimum absolute atomic E-state index is 0.00645. The number of nitrogens with one attached hydrogen (secondary N) is 1. The van der Waals surface area contributed by atoms with E-state index in [9.17, 15) is 13.6 Å². The smallest absolute Gasteiger partial charge is 0.263 e. The van der Waals surface area contributed by atoms with Crippen LogP contribution < -0.4 is 14.8 Å². The molecule has 0 spiro atoms. The third-order valence-corrected chi connectivity index (χ3v) is 7.97. The number of halogens is 4. The molecular formula is C24H15F2I2NO3S2. The predicted octanol–water partition coefficient (Wildman–Crippen LogP) is 6.82. The summed E-state index contributed by atoms with van der Waals surface area (Å²) in [6.45, 7) is 0.0421. The van der Waals surface area contributed by atoms with Gasteiger partial charge in [0.2, 0.25) is 0 Å². The van der Waals surface area contributed by atoms with E-state index >= 15 is 0 Å². The van der Waals surface area contributed by atoms with Crippen molar-refractivity contribution in [1.82, 2.24) is 5.32 Å². The van der Waals surface area contributed by atoms with E-state index < -0.39 is 0 Å². The van der Waals surface area contributed by atoms with Crippen LogP contribution in [0, 0.1) is 18.8 Å². The molecule has 3 aromatic rings. The van der Waals surface area contributed by atoms with Gasteiger partial charge in [0.25, 0.3) is 5.91 Å². The number of thiocarbonyl (C=S) groups is 1. The van der Waals surface area contributed by atoms with Crippen LogP contribution in [0.25, 0.3) is 6.08 Å². The van der Waals surface area contributed by atoms with Crippen LogP contribution >= 0.6 is 69.2 Å². The molecule has 4 nitrogen and oxygen atoms in total. The van der Waals surface area contributed by atoms with Gasteiger partial charge in [-0.25, -0.2) is 8.78 Å². The number of hydrogen-bond acceptors (Lipinski definition) is 5. The van der Waals surface area contributed by atoms with Gasteiger partial charge in [-0.3, -0.25) is 4.79 Å². The van der Waals surface area contributed by atoms with Crippen molar-refractivity contribution in [3.63, 3.8) is 0 Å². The SMILES string of the molecule is O=C1NC(=S)S/C1=C\c1cc(OCc2c(F)cccc2I)ccc1OCc1c(F)cccc1I. The van der Waals surface area contributed by atoms with E-state index in [2.05, 4.69) is 50.5 Å². The Balaban J connectivity index is 1.62. The van der Waals surface area contributed by atoms with Gasteiger partial charge in [-0.15, -0.1) is 0 Å². The fourth-order valence-corrected chi connectivity index (χ4v) is 5.35. The summed E-state index contributed by atoms with van der Waals surface area (Å²) in [5.74, 6) is -0.115. The molecular weight excluding hydrogens is 706 g/mol. The zero-order valence-electron chi connectivity index (χ0n) is 17.2. The van der Waals surface area contributed by atoms with Crippen LogP contribution in [0.5, 0.6) is 11.5 Å². The summed E-state index contributed by atoms with van der Waals surface area (Å²) in [6.07, 6.45) is 1.64. The Morgan fingerprint density at radius 3 is 2.12 bits per heavy atom. The van der Waals surface area contributed by atoms with Crippen molar-refractivity contribution in [3.05, 3.63) is 95.0 Å². The Labute approximate surface area is 231 Å². The summed E-state index contributed by atoms with van der Waals surface area (Å²) >= 11 is 10.3. The summed E-state index contributed by atoms with van der Waals surface area (Å²) < 4.78 is 42.1. The molecule has 1 heterocycles. The topological polar surface area (TPSA) is 47.6 Å². The molecule has 174 valence electrons. The number of ether oxygens (including phenoxy) is 2. The van der Waals surface area contributed by atoms with Crippen molar-refractivity contribution in [3.8, 4) is 11.5 Å². The Kier molecular flexibility index (Phi) is 8.43. The molecule has 1 aliphatic rings. The number of carbonyl (C=O) groups excluding carboxylic acids is 1. The second kappa shape index (κ2) is 11.3. The molecule has 0 unspecified atom stereocenters. The summed E-state index contributed by atoms with van der Waals surface area (Å²) in [7, 11) is 0. The quantitative estimate of drug-likeness (QED) is 0.165. The Morgan fingerprint density at radius 1 is 0.941 bits per heavy atom. The molecule has 0 atom stereocenters. The van der Waals surface area contributed by atoms with E-state index in [0.29, 0.717) is 37.4 Å². The highest BCUT2D eigenvalue weighted by atomic mass is 127. The predicted molar refractivity (Wildman–Crippen MR) is 150 cm³/mol. The fraction of sp³-hybridized carbons (Fsp3) is 0.0833. The van der Waals surface area contributed by atoms with Crippen LogP contribution in [-0.2, 0) is 18.0 Å². The lowest BCUT2D eigenvalue weighted by Crippen LogP contribution is -2.17. The second-order valence-corrected chi connectivity index (χ2v) is 11.1. The minimum atomic E-state index is -0.359. The lowest BCUT2D eigenvalue weighted by molar-refractivity contribution is -0.115. The first-order valence-corrected chi connectivity index (χ1v) is 13.2. The molecule has 10 heteroatoms. The standard InChI is InChI=1S/C24H15F2I2NO3S2/c25-17-3-1-5-19(27)15(17)11-31-14-7-8-21(32-12-16-18(26)4-2-6-20(16)28)13(9-14)10-22-23(30)29-24(33)34-22/h1-10H,11-12H2,(H,29,30,33)/b22-10-. The van der Waals surface area contributed by atoms with Crippen LogP contribution in [0.4, 0.5) is 8.78 Å². The molecule has 0 aromatic heterocycles. The second-order valence-electron chi connectivity index (χ2n) is 7.03. The summed E-state index contributed by atoms with van der Waals surface area (Å²) in [5, 5.41) is 2.58. The van der Waals surface area contributed by atoms with E-state index in [1.165, 1.54) is 12.1 Å². The summed E-state index contributed by atoms with van der Waals surface area (Å²) in [6, 6.07) is 14.7. The maximum absolute atomic E-state index is 14.2. The van der Waals surface area contributed by atoms with Crippen molar-refractivity contribution in [2.24, 2.45) is 0 Å². The Hall–Kier alpha value is -1.77. The normalized spacial score (nSPS) is 14.4. The van der Waals surface area contributed by atoms with Crippen LogP contribution in [0.1, 0.15) is 16.7 Å². The Bertz CT molecular complexity index is 1280. The largest absolute Gasteiger partial charge is 0.489 e. The zero-order chi connectivity index (χ0) is 24.2. The highest BCUT2D eigenvalue weighted by Gasteiger charge is 2.23. The molecule has 1 amide bonds. The number of amides is 1. The fourth-order valence-electron chi connectivity index (χ4n) is 3.07. The summed E-state index contributed by atoms with van der Waals surface area (Å²) in [5.41, 5.74) is 1.44. The van der Waals surface area contributed by atoms with E-state index in [4.69, 9.17) is 21.7 Å². The number of hydrogen-bond donors (Lipinski definition) is 1. The number of carbonyl (C=O) groups is 1. The van der Waals surface area contributed by atoms with Gasteiger partial charge in [0.1, 0.15) is 40.7 Å². The highest BCUT2D eigenvalue weighted by molar-refractivity contribution is 14.1. The van der Waals surface area contributed by atoms with Crippen LogP contribution in [0.3, 0.4) is 0 Å².